The molecule has 2 aromatic carbocycles. The standard InChI is InChI=1S/C17H12O4/c18-16(19)8-6-11-5-7-15-14(9-11)17(20)13-4-2-1-3-12(13)10-21-15/h1-9H,10H2,(H,18,19)/b8-6+. The number of rotatable bonds is 2. The summed E-state index contributed by atoms with van der Waals surface area (Å²) in [6, 6.07) is 12.4. The Labute approximate surface area is 121 Å². The molecule has 0 fully saturated rings. The molecule has 0 aromatic heterocycles. The Balaban J connectivity index is 2.06. The van der Waals surface area contributed by atoms with Gasteiger partial charge in [0.15, 0.2) is 5.78 Å². The quantitative estimate of drug-likeness (QED) is 0.859. The average molecular weight is 280 g/mol. The average Bonchev–Trinajstić information content (AvgIpc) is 2.63. The normalized spacial score (nSPS) is 13.2. The molecular formula is C17H12O4. The number of hydrogen-bond acceptors (Lipinski definition) is 3. The lowest BCUT2D eigenvalue weighted by Gasteiger charge is -2.06. The number of fused-ring (bicyclic) bond motifs is 2. The molecule has 0 spiro atoms. The van der Waals surface area contributed by atoms with Crippen LogP contribution < -0.4 is 4.74 Å². The molecular weight excluding hydrogens is 268 g/mol. The lowest BCUT2D eigenvalue weighted by Crippen LogP contribution is -2.02. The van der Waals surface area contributed by atoms with Crippen LogP contribution in [0.15, 0.2) is 48.5 Å². The van der Waals surface area contributed by atoms with Gasteiger partial charge in [0.1, 0.15) is 12.4 Å². The van der Waals surface area contributed by atoms with E-state index in [0.717, 1.165) is 11.6 Å². The maximum absolute atomic E-state index is 12.6. The molecule has 1 aliphatic heterocycles. The lowest BCUT2D eigenvalue weighted by molar-refractivity contribution is -0.131. The van der Waals surface area contributed by atoms with Gasteiger partial charge in [-0.15, -0.1) is 0 Å². The SMILES string of the molecule is O=C(O)/C=C/c1ccc2c(c1)C(=O)c1ccccc1CO2. The zero-order valence-electron chi connectivity index (χ0n) is 11.1. The van der Waals surface area contributed by atoms with Crippen molar-refractivity contribution in [2.24, 2.45) is 0 Å². The van der Waals surface area contributed by atoms with Crippen molar-refractivity contribution < 1.29 is 19.4 Å². The molecule has 0 bridgehead atoms. The summed E-state index contributed by atoms with van der Waals surface area (Å²) in [6.45, 7) is 0.346. The van der Waals surface area contributed by atoms with E-state index in [9.17, 15) is 9.59 Å². The summed E-state index contributed by atoms with van der Waals surface area (Å²) in [5.41, 5.74) is 2.57. The van der Waals surface area contributed by atoms with Crippen LogP contribution >= 0.6 is 0 Å². The van der Waals surface area contributed by atoms with Gasteiger partial charge in [0.05, 0.1) is 5.56 Å². The van der Waals surface area contributed by atoms with Gasteiger partial charge in [0.2, 0.25) is 0 Å². The topological polar surface area (TPSA) is 63.6 Å². The Morgan fingerprint density at radius 3 is 2.76 bits per heavy atom. The molecule has 0 aliphatic carbocycles. The third-order valence-electron chi connectivity index (χ3n) is 3.31. The van der Waals surface area contributed by atoms with Crippen LogP contribution in [0.1, 0.15) is 27.0 Å². The van der Waals surface area contributed by atoms with Crippen molar-refractivity contribution in [1.29, 1.82) is 0 Å². The third kappa shape index (κ3) is 2.56. The number of carboxylic acids is 1. The van der Waals surface area contributed by atoms with Gasteiger partial charge >= 0.3 is 5.97 Å². The van der Waals surface area contributed by atoms with Crippen LogP contribution in [0.4, 0.5) is 0 Å². The number of carbonyl (C=O) groups excluding carboxylic acids is 1. The van der Waals surface area contributed by atoms with E-state index in [0.29, 0.717) is 29.0 Å². The molecule has 0 amide bonds. The molecule has 0 saturated carbocycles. The van der Waals surface area contributed by atoms with Crippen molar-refractivity contribution in [3.05, 3.63) is 70.8 Å². The minimum atomic E-state index is -1.03. The number of benzene rings is 2. The predicted octanol–water partition coefficient (Wildman–Crippen LogP) is 2.91. The molecule has 3 rings (SSSR count). The van der Waals surface area contributed by atoms with Crippen LogP contribution in [0, 0.1) is 0 Å². The van der Waals surface area contributed by atoms with Crippen LogP contribution in [-0.4, -0.2) is 16.9 Å². The Morgan fingerprint density at radius 1 is 1.14 bits per heavy atom. The number of ketones is 1. The largest absolute Gasteiger partial charge is 0.488 e. The van der Waals surface area contributed by atoms with Crippen LogP contribution in [0.25, 0.3) is 6.08 Å². The molecule has 1 aliphatic rings. The fraction of sp³-hybridized carbons (Fsp3) is 0.0588. The zero-order chi connectivity index (χ0) is 14.8. The van der Waals surface area contributed by atoms with E-state index in [1.54, 1.807) is 24.3 Å². The van der Waals surface area contributed by atoms with E-state index in [1.165, 1.54) is 6.08 Å². The highest BCUT2D eigenvalue weighted by molar-refractivity contribution is 6.12. The predicted molar refractivity (Wildman–Crippen MR) is 77.3 cm³/mol. The lowest BCUT2D eigenvalue weighted by atomic mass is 9.98. The van der Waals surface area contributed by atoms with Gasteiger partial charge in [0, 0.05) is 17.2 Å². The summed E-state index contributed by atoms with van der Waals surface area (Å²) in [4.78, 5) is 23.2. The first-order chi connectivity index (χ1) is 10.1. The second-order valence-electron chi connectivity index (χ2n) is 4.70. The number of aliphatic carboxylic acids is 1. The first-order valence-corrected chi connectivity index (χ1v) is 6.45. The van der Waals surface area contributed by atoms with Gasteiger partial charge in [-0.3, -0.25) is 4.79 Å². The van der Waals surface area contributed by atoms with E-state index in [-0.39, 0.29) is 5.78 Å². The molecule has 1 N–H and O–H groups in total. The molecule has 21 heavy (non-hydrogen) atoms. The second kappa shape index (κ2) is 5.25. The van der Waals surface area contributed by atoms with Gasteiger partial charge < -0.3 is 9.84 Å². The smallest absolute Gasteiger partial charge is 0.328 e. The van der Waals surface area contributed by atoms with Crippen molar-refractivity contribution in [2.75, 3.05) is 0 Å². The number of hydrogen-bond donors (Lipinski definition) is 1. The number of carboxylic acid groups (broad SMARTS) is 1. The summed E-state index contributed by atoms with van der Waals surface area (Å²) in [6.07, 6.45) is 2.49. The minimum absolute atomic E-state index is 0.108. The Bertz CT molecular complexity index is 759. The number of carbonyl (C=O) groups is 2. The highest BCUT2D eigenvalue weighted by Crippen LogP contribution is 2.29. The molecule has 0 atom stereocenters. The van der Waals surface area contributed by atoms with E-state index in [1.807, 2.05) is 18.2 Å². The van der Waals surface area contributed by atoms with E-state index in [2.05, 4.69) is 0 Å². The summed E-state index contributed by atoms with van der Waals surface area (Å²) in [5, 5.41) is 8.66. The van der Waals surface area contributed by atoms with Crippen molar-refractivity contribution in [1.82, 2.24) is 0 Å². The van der Waals surface area contributed by atoms with Gasteiger partial charge in [-0.05, 0) is 23.8 Å². The molecule has 0 unspecified atom stereocenters. The minimum Gasteiger partial charge on any atom is -0.488 e. The summed E-state index contributed by atoms with van der Waals surface area (Å²) < 4.78 is 5.66. The maximum Gasteiger partial charge on any atom is 0.328 e. The van der Waals surface area contributed by atoms with Crippen molar-refractivity contribution in [3.8, 4) is 5.75 Å². The second-order valence-corrected chi connectivity index (χ2v) is 4.70. The molecule has 104 valence electrons. The molecule has 1 heterocycles. The monoisotopic (exact) mass is 280 g/mol. The summed E-state index contributed by atoms with van der Waals surface area (Å²) in [5.74, 6) is -0.620. The fourth-order valence-corrected chi connectivity index (χ4v) is 2.29. The summed E-state index contributed by atoms with van der Waals surface area (Å²) >= 11 is 0. The molecule has 4 nitrogen and oxygen atoms in total. The highest BCUT2D eigenvalue weighted by atomic mass is 16.5. The number of ether oxygens (including phenoxy) is 1. The van der Waals surface area contributed by atoms with E-state index < -0.39 is 5.97 Å². The highest BCUT2D eigenvalue weighted by Gasteiger charge is 2.21. The van der Waals surface area contributed by atoms with Gasteiger partial charge in [0.25, 0.3) is 0 Å². The fourth-order valence-electron chi connectivity index (χ4n) is 2.29. The van der Waals surface area contributed by atoms with Crippen LogP contribution in [0.5, 0.6) is 5.75 Å². The van der Waals surface area contributed by atoms with Crippen molar-refractivity contribution in [2.45, 2.75) is 6.61 Å². The van der Waals surface area contributed by atoms with Crippen molar-refractivity contribution >= 4 is 17.8 Å². The van der Waals surface area contributed by atoms with Gasteiger partial charge in [-0.1, -0.05) is 30.3 Å². The Hall–Kier alpha value is -2.88. The third-order valence-corrected chi connectivity index (χ3v) is 3.31. The molecule has 4 heteroatoms. The molecule has 0 saturated heterocycles. The van der Waals surface area contributed by atoms with Gasteiger partial charge in [-0.25, -0.2) is 4.79 Å². The van der Waals surface area contributed by atoms with E-state index in [4.69, 9.17) is 9.84 Å². The van der Waals surface area contributed by atoms with E-state index >= 15 is 0 Å². The van der Waals surface area contributed by atoms with Crippen LogP contribution in [-0.2, 0) is 11.4 Å². The van der Waals surface area contributed by atoms with Crippen LogP contribution in [0.2, 0.25) is 0 Å². The maximum atomic E-state index is 12.6. The zero-order valence-corrected chi connectivity index (χ0v) is 11.1. The van der Waals surface area contributed by atoms with Gasteiger partial charge in [-0.2, -0.15) is 0 Å². The summed E-state index contributed by atoms with van der Waals surface area (Å²) in [7, 11) is 0. The Kier molecular flexibility index (Phi) is 3.28. The first kappa shape index (κ1) is 13.1. The molecule has 0 radical (unpaired) electrons. The molecule has 2 aromatic rings. The first-order valence-electron chi connectivity index (χ1n) is 6.45. The van der Waals surface area contributed by atoms with Crippen molar-refractivity contribution in [3.63, 3.8) is 0 Å². The Morgan fingerprint density at radius 2 is 1.95 bits per heavy atom. The van der Waals surface area contributed by atoms with Crippen LogP contribution in [0.3, 0.4) is 0 Å².